The van der Waals surface area contributed by atoms with Gasteiger partial charge < -0.3 is 4.74 Å². The number of methoxy groups -OCH3 is 1. The molecule has 2 aromatic rings. The van der Waals surface area contributed by atoms with E-state index in [2.05, 4.69) is 6.92 Å². The fraction of sp³-hybridized carbons (Fsp3) is 0.600. The molecule has 28 heavy (non-hydrogen) atoms. The minimum Gasteiger partial charge on any atom is -0.491 e. The van der Waals surface area contributed by atoms with Gasteiger partial charge in [-0.2, -0.15) is 0 Å². The van der Waals surface area contributed by atoms with E-state index in [1.54, 1.807) is 6.07 Å². The zero-order valence-corrected chi connectivity index (χ0v) is 17.1. The van der Waals surface area contributed by atoms with Gasteiger partial charge in [0.1, 0.15) is 0 Å². The number of ether oxygens (including phenoxy) is 1. The highest BCUT2D eigenvalue weighted by atomic mass is 19.1. The van der Waals surface area contributed by atoms with E-state index in [-0.39, 0.29) is 5.75 Å². The highest BCUT2D eigenvalue weighted by molar-refractivity contribution is 5.85. The van der Waals surface area contributed by atoms with Gasteiger partial charge in [-0.3, -0.25) is 0 Å². The van der Waals surface area contributed by atoms with E-state index in [1.807, 2.05) is 12.1 Å². The lowest BCUT2D eigenvalue weighted by Gasteiger charge is -2.42. The smallest absolute Gasteiger partial charge is 0.191 e. The molecular weight excluding hydrogens is 354 g/mol. The predicted octanol–water partition coefficient (Wildman–Crippen LogP) is 7.62. The maximum atomic E-state index is 14.5. The van der Waals surface area contributed by atoms with Gasteiger partial charge in [0.2, 0.25) is 0 Å². The van der Waals surface area contributed by atoms with E-state index in [0.717, 1.165) is 17.8 Å². The molecule has 0 N–H and O–H groups in total. The number of hydrogen-bond acceptors (Lipinski definition) is 1. The average molecular weight is 387 g/mol. The van der Waals surface area contributed by atoms with Gasteiger partial charge >= 0.3 is 0 Å². The molecule has 4 unspecified atom stereocenters. The van der Waals surface area contributed by atoms with Crippen LogP contribution in [0.25, 0.3) is 10.8 Å². The van der Waals surface area contributed by atoms with Gasteiger partial charge in [0.25, 0.3) is 0 Å². The third-order valence-corrected chi connectivity index (χ3v) is 7.37. The number of benzene rings is 2. The fourth-order valence-corrected chi connectivity index (χ4v) is 5.81. The molecule has 152 valence electrons. The van der Waals surface area contributed by atoms with Gasteiger partial charge in [-0.15, -0.1) is 0 Å². The molecule has 0 amide bonds. The molecular formula is C25H32F2O. The van der Waals surface area contributed by atoms with Crippen molar-refractivity contribution < 1.29 is 13.5 Å². The molecule has 4 atom stereocenters. The molecule has 3 heteroatoms. The summed E-state index contributed by atoms with van der Waals surface area (Å²) in [5.74, 6) is 1.67. The minimum atomic E-state index is -0.626. The van der Waals surface area contributed by atoms with Crippen molar-refractivity contribution in [3.8, 4) is 5.75 Å². The number of unbranched alkanes of at least 4 members (excludes halogenated alkanes) is 1. The Balaban J connectivity index is 1.49. The summed E-state index contributed by atoms with van der Waals surface area (Å²) >= 11 is 0. The van der Waals surface area contributed by atoms with Crippen molar-refractivity contribution in [1.29, 1.82) is 0 Å². The maximum Gasteiger partial charge on any atom is 0.191 e. The molecule has 2 fully saturated rings. The molecule has 0 bridgehead atoms. The SMILES string of the molecule is CCCCC1CCC2CC(c3ccc4c(F)c(OC)c(F)cc4c3)CCC2C1. The van der Waals surface area contributed by atoms with Crippen LogP contribution in [0, 0.1) is 29.4 Å². The molecule has 1 nitrogen and oxygen atoms in total. The van der Waals surface area contributed by atoms with E-state index < -0.39 is 11.6 Å². The summed E-state index contributed by atoms with van der Waals surface area (Å²) in [6.45, 7) is 2.29. The molecule has 2 aromatic carbocycles. The van der Waals surface area contributed by atoms with Crippen molar-refractivity contribution in [3.63, 3.8) is 0 Å². The van der Waals surface area contributed by atoms with Gasteiger partial charge in [0.15, 0.2) is 17.4 Å². The average Bonchev–Trinajstić information content (AvgIpc) is 2.71. The van der Waals surface area contributed by atoms with Crippen LogP contribution in [0.1, 0.15) is 76.2 Å². The third-order valence-electron chi connectivity index (χ3n) is 7.37. The summed E-state index contributed by atoms with van der Waals surface area (Å²) in [5, 5.41) is 1.07. The standard InChI is InChI=1S/C25H32F2O/c1-3-4-5-16-6-7-18-13-19(9-8-17(18)12-16)20-10-11-22-21(14-20)15-23(26)25(28-2)24(22)27/h10-11,14-19H,3-9,12-13H2,1-2H3. The Labute approximate surface area is 167 Å². The number of hydrogen-bond donors (Lipinski definition) is 0. The first-order chi connectivity index (χ1) is 13.6. The Kier molecular flexibility index (Phi) is 5.89. The lowest BCUT2D eigenvalue weighted by Crippen LogP contribution is -2.30. The van der Waals surface area contributed by atoms with Crippen molar-refractivity contribution in [3.05, 3.63) is 41.5 Å². The maximum absolute atomic E-state index is 14.5. The van der Waals surface area contributed by atoms with Crippen molar-refractivity contribution >= 4 is 10.8 Å². The van der Waals surface area contributed by atoms with E-state index in [9.17, 15) is 8.78 Å². The summed E-state index contributed by atoms with van der Waals surface area (Å²) in [5.41, 5.74) is 1.24. The second-order valence-electron chi connectivity index (χ2n) is 9.04. The zero-order chi connectivity index (χ0) is 19.7. The Morgan fingerprint density at radius 1 is 1.00 bits per heavy atom. The van der Waals surface area contributed by atoms with Crippen LogP contribution in [0.2, 0.25) is 0 Å². The van der Waals surface area contributed by atoms with Gasteiger partial charge in [-0.05, 0) is 72.8 Å². The number of fused-ring (bicyclic) bond motifs is 2. The summed E-state index contributed by atoms with van der Waals surface area (Å²) in [4.78, 5) is 0. The first-order valence-electron chi connectivity index (χ1n) is 11.1. The van der Waals surface area contributed by atoms with E-state index in [4.69, 9.17) is 4.74 Å². The van der Waals surface area contributed by atoms with Crippen LogP contribution in [-0.2, 0) is 0 Å². The quantitative estimate of drug-likeness (QED) is 0.513. The van der Waals surface area contributed by atoms with Crippen LogP contribution in [0.4, 0.5) is 8.78 Å². The van der Waals surface area contributed by atoms with Crippen LogP contribution < -0.4 is 4.74 Å². The lowest BCUT2D eigenvalue weighted by molar-refractivity contribution is 0.113. The highest BCUT2D eigenvalue weighted by Gasteiger charge is 2.35. The van der Waals surface area contributed by atoms with Gasteiger partial charge in [0.05, 0.1) is 7.11 Å². The normalized spacial score (nSPS) is 27.6. The van der Waals surface area contributed by atoms with Crippen molar-refractivity contribution in [2.75, 3.05) is 7.11 Å². The number of halogens is 2. The van der Waals surface area contributed by atoms with Crippen LogP contribution in [0.5, 0.6) is 5.75 Å². The van der Waals surface area contributed by atoms with Crippen LogP contribution >= 0.6 is 0 Å². The van der Waals surface area contributed by atoms with Crippen molar-refractivity contribution in [2.45, 2.75) is 70.6 Å². The Bertz CT molecular complexity index is 831. The number of rotatable bonds is 5. The van der Waals surface area contributed by atoms with Crippen LogP contribution in [-0.4, -0.2) is 7.11 Å². The minimum absolute atomic E-state index is 0.291. The molecule has 2 aliphatic carbocycles. The van der Waals surface area contributed by atoms with E-state index >= 15 is 0 Å². The first kappa shape index (κ1) is 19.7. The zero-order valence-electron chi connectivity index (χ0n) is 17.1. The monoisotopic (exact) mass is 386 g/mol. The molecule has 0 heterocycles. The third kappa shape index (κ3) is 3.77. The molecule has 2 saturated carbocycles. The van der Waals surface area contributed by atoms with Crippen LogP contribution in [0.15, 0.2) is 24.3 Å². The Hall–Kier alpha value is -1.64. The molecule has 4 rings (SSSR count). The van der Waals surface area contributed by atoms with E-state index in [0.29, 0.717) is 16.7 Å². The van der Waals surface area contributed by atoms with Gasteiger partial charge in [0, 0.05) is 5.39 Å². The highest BCUT2D eigenvalue weighted by Crippen LogP contribution is 2.48. The summed E-state index contributed by atoms with van der Waals surface area (Å²) < 4.78 is 33.5. The van der Waals surface area contributed by atoms with Gasteiger partial charge in [-0.25, -0.2) is 8.78 Å². The molecule has 0 spiro atoms. The largest absolute Gasteiger partial charge is 0.491 e. The second-order valence-corrected chi connectivity index (χ2v) is 9.04. The summed E-state index contributed by atoms with van der Waals surface area (Å²) in [6, 6.07) is 7.25. The molecule has 2 aliphatic rings. The fourth-order valence-electron chi connectivity index (χ4n) is 5.81. The van der Waals surface area contributed by atoms with Crippen molar-refractivity contribution in [2.24, 2.45) is 17.8 Å². The molecule has 0 radical (unpaired) electrons. The van der Waals surface area contributed by atoms with Crippen LogP contribution in [0.3, 0.4) is 0 Å². The molecule has 0 aromatic heterocycles. The summed E-state index contributed by atoms with van der Waals surface area (Å²) in [6.07, 6.45) is 12.0. The topological polar surface area (TPSA) is 9.23 Å². The summed E-state index contributed by atoms with van der Waals surface area (Å²) in [7, 11) is 1.30. The predicted molar refractivity (Wildman–Crippen MR) is 111 cm³/mol. The molecule has 0 aliphatic heterocycles. The van der Waals surface area contributed by atoms with Gasteiger partial charge in [-0.1, -0.05) is 50.8 Å². The second kappa shape index (κ2) is 8.39. The lowest BCUT2D eigenvalue weighted by atomic mass is 9.63. The van der Waals surface area contributed by atoms with Crippen molar-refractivity contribution in [1.82, 2.24) is 0 Å². The first-order valence-corrected chi connectivity index (χ1v) is 11.1. The Morgan fingerprint density at radius 3 is 2.57 bits per heavy atom. The molecule has 0 saturated heterocycles. The Morgan fingerprint density at radius 2 is 1.79 bits per heavy atom. The van der Waals surface area contributed by atoms with E-state index in [1.165, 1.54) is 76.5 Å².